The third-order valence-corrected chi connectivity index (χ3v) is 4.05. The van der Waals surface area contributed by atoms with Crippen LogP contribution in [0, 0.1) is 0 Å². The highest BCUT2D eigenvalue weighted by molar-refractivity contribution is 5.28. The van der Waals surface area contributed by atoms with Crippen molar-refractivity contribution < 1.29 is 5.11 Å². The van der Waals surface area contributed by atoms with Crippen LogP contribution in [0.25, 0.3) is 0 Å². The Labute approximate surface area is 107 Å². The fraction of sp³-hybridized carbons (Fsp3) is 0.769. The van der Waals surface area contributed by atoms with Crippen molar-refractivity contribution in [2.45, 2.75) is 63.0 Å². The Balaban J connectivity index is 1.73. The van der Waals surface area contributed by atoms with Gasteiger partial charge in [-0.15, -0.1) is 5.10 Å². The summed E-state index contributed by atoms with van der Waals surface area (Å²) in [5.74, 6) is 1.14. The normalized spacial score (nSPS) is 32.2. The molecule has 3 rings (SSSR count). The van der Waals surface area contributed by atoms with E-state index in [9.17, 15) is 5.11 Å². The minimum atomic E-state index is -0.669. The second-order valence-corrected chi connectivity index (χ2v) is 5.78. The molecule has 0 bridgehead atoms. The molecular formula is C13H20N4O. The van der Waals surface area contributed by atoms with Crippen molar-refractivity contribution in [2.24, 2.45) is 0 Å². The Morgan fingerprint density at radius 3 is 2.89 bits per heavy atom. The molecular weight excluding hydrogens is 228 g/mol. The van der Waals surface area contributed by atoms with E-state index >= 15 is 0 Å². The highest BCUT2D eigenvalue weighted by atomic mass is 16.3. The van der Waals surface area contributed by atoms with E-state index in [0.29, 0.717) is 11.9 Å². The first-order valence-electron chi connectivity index (χ1n) is 6.84. The number of aliphatic hydroxyl groups is 1. The average molecular weight is 248 g/mol. The van der Waals surface area contributed by atoms with Crippen molar-refractivity contribution in [3.63, 3.8) is 0 Å². The molecule has 2 aliphatic carbocycles. The molecule has 0 aliphatic heterocycles. The smallest absolute Gasteiger partial charge is 0.243 e. The van der Waals surface area contributed by atoms with E-state index in [4.69, 9.17) is 0 Å². The summed E-state index contributed by atoms with van der Waals surface area (Å²) in [5, 5.41) is 21.6. The maximum Gasteiger partial charge on any atom is 0.243 e. The largest absolute Gasteiger partial charge is 0.388 e. The Morgan fingerprint density at radius 2 is 2.17 bits per heavy atom. The molecule has 98 valence electrons. The van der Waals surface area contributed by atoms with E-state index in [1.165, 1.54) is 12.8 Å². The lowest BCUT2D eigenvalue weighted by Crippen LogP contribution is -2.47. The third kappa shape index (κ3) is 2.46. The van der Waals surface area contributed by atoms with Crippen LogP contribution in [0.5, 0.6) is 0 Å². The zero-order valence-electron chi connectivity index (χ0n) is 10.8. The zero-order chi connectivity index (χ0) is 12.6. The van der Waals surface area contributed by atoms with Crippen LogP contribution in [0.3, 0.4) is 0 Å². The number of aromatic nitrogens is 3. The van der Waals surface area contributed by atoms with Gasteiger partial charge in [0.15, 0.2) is 0 Å². The molecule has 0 unspecified atom stereocenters. The van der Waals surface area contributed by atoms with Gasteiger partial charge in [-0.3, -0.25) is 0 Å². The summed E-state index contributed by atoms with van der Waals surface area (Å²) in [5.41, 5.74) is 0.361. The molecule has 0 amide bonds. The number of hydrogen-bond donors (Lipinski definition) is 2. The number of hydrogen-bond acceptors (Lipinski definition) is 5. The van der Waals surface area contributed by atoms with Gasteiger partial charge in [0.25, 0.3) is 0 Å². The Hall–Kier alpha value is -1.23. The molecule has 2 saturated carbocycles. The molecule has 2 N–H and O–H groups in total. The summed E-state index contributed by atoms with van der Waals surface area (Å²) in [6, 6.07) is 0.0301. The molecule has 0 saturated heterocycles. The fourth-order valence-corrected chi connectivity index (χ4v) is 2.65. The number of anilines is 1. The molecule has 1 aromatic heterocycles. The first-order valence-corrected chi connectivity index (χ1v) is 6.84. The predicted octanol–water partition coefficient (Wildman–Crippen LogP) is 1.85. The molecule has 2 atom stereocenters. The molecule has 0 aromatic carbocycles. The second-order valence-electron chi connectivity index (χ2n) is 5.78. The molecule has 5 heteroatoms. The van der Waals surface area contributed by atoms with Crippen LogP contribution in [0.4, 0.5) is 5.95 Å². The van der Waals surface area contributed by atoms with Crippen LogP contribution in [0.1, 0.15) is 57.1 Å². The predicted molar refractivity (Wildman–Crippen MR) is 68.3 cm³/mol. The van der Waals surface area contributed by atoms with Gasteiger partial charge in [0.05, 0.1) is 23.5 Å². The number of nitrogens with zero attached hydrogens (tertiary/aromatic N) is 3. The van der Waals surface area contributed by atoms with Crippen LogP contribution in [0.15, 0.2) is 6.20 Å². The van der Waals surface area contributed by atoms with E-state index in [0.717, 1.165) is 31.4 Å². The minimum absolute atomic E-state index is 0.0301. The Kier molecular flexibility index (Phi) is 2.93. The van der Waals surface area contributed by atoms with Gasteiger partial charge in [-0.1, -0.05) is 12.8 Å². The molecule has 18 heavy (non-hydrogen) atoms. The Bertz CT molecular complexity index is 431. The van der Waals surface area contributed by atoms with Gasteiger partial charge in [0.2, 0.25) is 5.95 Å². The van der Waals surface area contributed by atoms with Gasteiger partial charge in [0, 0.05) is 5.92 Å². The van der Waals surface area contributed by atoms with Crippen LogP contribution in [-0.2, 0) is 0 Å². The van der Waals surface area contributed by atoms with Crippen molar-refractivity contribution >= 4 is 5.95 Å². The van der Waals surface area contributed by atoms with Gasteiger partial charge in [-0.2, -0.15) is 5.10 Å². The summed E-state index contributed by atoms with van der Waals surface area (Å²) in [4.78, 5) is 4.50. The molecule has 0 radical (unpaired) electrons. The highest BCUT2D eigenvalue weighted by Crippen LogP contribution is 2.38. The van der Waals surface area contributed by atoms with Crippen LogP contribution >= 0.6 is 0 Å². The van der Waals surface area contributed by atoms with E-state index in [-0.39, 0.29) is 6.04 Å². The standard InChI is InChI=1S/C13H20N4O/c1-13(18)7-3-2-4-11(13)16-12-15-10(8-14-17-12)9-5-6-9/h8-9,11,18H,2-7H2,1H3,(H,15,16,17)/t11-,13-/m1/s1. The van der Waals surface area contributed by atoms with E-state index in [1.54, 1.807) is 6.20 Å². The minimum Gasteiger partial charge on any atom is -0.388 e. The monoisotopic (exact) mass is 248 g/mol. The fourth-order valence-electron chi connectivity index (χ4n) is 2.65. The maximum atomic E-state index is 10.3. The highest BCUT2D eigenvalue weighted by Gasteiger charge is 2.35. The van der Waals surface area contributed by atoms with Crippen LogP contribution in [-0.4, -0.2) is 31.9 Å². The van der Waals surface area contributed by atoms with Gasteiger partial charge in [0.1, 0.15) is 0 Å². The summed E-state index contributed by atoms with van der Waals surface area (Å²) >= 11 is 0. The SMILES string of the molecule is C[C@@]1(O)CCCC[C@H]1Nc1nncc(C2CC2)n1. The maximum absolute atomic E-state index is 10.3. The van der Waals surface area contributed by atoms with Crippen molar-refractivity contribution in [1.29, 1.82) is 0 Å². The number of nitrogens with one attached hydrogen (secondary N) is 1. The van der Waals surface area contributed by atoms with E-state index < -0.39 is 5.60 Å². The first kappa shape index (κ1) is 11.8. The lowest BCUT2D eigenvalue weighted by Gasteiger charge is -2.37. The summed E-state index contributed by atoms with van der Waals surface area (Å²) in [6.07, 6.45) is 8.20. The van der Waals surface area contributed by atoms with E-state index in [1.807, 2.05) is 6.92 Å². The van der Waals surface area contributed by atoms with Crippen molar-refractivity contribution in [1.82, 2.24) is 15.2 Å². The van der Waals surface area contributed by atoms with Gasteiger partial charge < -0.3 is 10.4 Å². The zero-order valence-corrected chi connectivity index (χ0v) is 10.8. The van der Waals surface area contributed by atoms with Crippen molar-refractivity contribution in [2.75, 3.05) is 5.32 Å². The molecule has 2 fully saturated rings. The first-order chi connectivity index (χ1) is 8.65. The van der Waals surface area contributed by atoms with E-state index in [2.05, 4.69) is 20.5 Å². The van der Waals surface area contributed by atoms with Crippen LogP contribution in [0.2, 0.25) is 0 Å². The number of rotatable bonds is 3. The average Bonchev–Trinajstić information content (AvgIpc) is 3.16. The van der Waals surface area contributed by atoms with Gasteiger partial charge in [-0.05, 0) is 32.6 Å². The molecule has 1 heterocycles. The van der Waals surface area contributed by atoms with Crippen molar-refractivity contribution in [3.8, 4) is 0 Å². The summed E-state index contributed by atoms with van der Waals surface area (Å²) in [7, 11) is 0. The summed E-state index contributed by atoms with van der Waals surface area (Å²) in [6.45, 7) is 1.89. The Morgan fingerprint density at radius 1 is 1.33 bits per heavy atom. The molecule has 1 aromatic rings. The molecule has 0 spiro atoms. The molecule has 2 aliphatic rings. The topological polar surface area (TPSA) is 70.9 Å². The lowest BCUT2D eigenvalue weighted by atomic mass is 9.82. The van der Waals surface area contributed by atoms with Gasteiger partial charge >= 0.3 is 0 Å². The summed E-state index contributed by atoms with van der Waals surface area (Å²) < 4.78 is 0. The third-order valence-electron chi connectivity index (χ3n) is 4.05. The van der Waals surface area contributed by atoms with Crippen LogP contribution < -0.4 is 5.32 Å². The van der Waals surface area contributed by atoms with Gasteiger partial charge in [-0.25, -0.2) is 4.98 Å². The second kappa shape index (κ2) is 4.46. The quantitative estimate of drug-likeness (QED) is 0.854. The van der Waals surface area contributed by atoms with Crippen molar-refractivity contribution in [3.05, 3.63) is 11.9 Å². The molecule has 5 nitrogen and oxygen atoms in total. The lowest BCUT2D eigenvalue weighted by molar-refractivity contribution is 0.0103.